The summed E-state index contributed by atoms with van der Waals surface area (Å²) in [5.41, 5.74) is 4.08. The van der Waals surface area contributed by atoms with Crippen molar-refractivity contribution in [1.29, 1.82) is 0 Å². The van der Waals surface area contributed by atoms with Crippen molar-refractivity contribution in [2.75, 3.05) is 0 Å². The van der Waals surface area contributed by atoms with Crippen molar-refractivity contribution in [2.45, 2.75) is 19.7 Å². The molecule has 0 atom stereocenters. The van der Waals surface area contributed by atoms with E-state index < -0.39 is 0 Å². The van der Waals surface area contributed by atoms with Gasteiger partial charge in [0.05, 0.1) is 0 Å². The predicted octanol–water partition coefficient (Wildman–Crippen LogP) is 2.78. The molecular weight excluding hydrogens is 191 g/mol. The van der Waals surface area contributed by atoms with Gasteiger partial charge in [0.2, 0.25) is 0 Å². The van der Waals surface area contributed by atoms with Crippen LogP contribution in [0.15, 0.2) is 54.6 Å². The molecule has 2 rings (SSSR count). The number of aryl methyl sites for hydroxylation is 1. The Morgan fingerprint density at radius 3 is 2.06 bits per heavy atom. The van der Waals surface area contributed by atoms with Gasteiger partial charge in [-0.1, -0.05) is 72.5 Å². The molecule has 0 nitrogen and oxygen atoms in total. The Morgan fingerprint density at radius 1 is 0.812 bits per heavy atom. The molecule has 0 heterocycles. The lowest BCUT2D eigenvalue weighted by molar-refractivity contribution is 1.13. The lowest BCUT2D eigenvalue weighted by Crippen LogP contribution is -2.15. The zero-order chi connectivity index (χ0) is 11.2. The van der Waals surface area contributed by atoms with Crippen LogP contribution >= 0.6 is 0 Å². The zero-order valence-electron chi connectivity index (χ0n) is 9.69. The molecule has 2 aromatic carbocycles. The van der Waals surface area contributed by atoms with Crippen LogP contribution in [0.1, 0.15) is 18.1 Å². The van der Waals surface area contributed by atoms with Crippen LogP contribution in [0.5, 0.6) is 0 Å². The van der Waals surface area contributed by atoms with Crippen LogP contribution in [0, 0.1) is 0 Å². The molecule has 0 bridgehead atoms. The number of rotatable bonds is 4. The Bertz CT molecular complexity index is 417. The fourth-order valence-corrected chi connectivity index (χ4v) is 1.74. The smallest absolute Gasteiger partial charge is 0.0874 e. The first-order valence-corrected chi connectivity index (χ1v) is 5.84. The molecule has 1 radical (unpaired) electrons. The van der Waals surface area contributed by atoms with Crippen LogP contribution in [0.2, 0.25) is 0 Å². The van der Waals surface area contributed by atoms with E-state index >= 15 is 0 Å². The fraction of sp³-hybridized carbons (Fsp3) is 0.200. The summed E-state index contributed by atoms with van der Waals surface area (Å²) in [6, 6.07) is 19.4. The van der Waals surface area contributed by atoms with Crippen LogP contribution in [0.4, 0.5) is 0 Å². The molecule has 0 aliphatic carbocycles. The van der Waals surface area contributed by atoms with Gasteiger partial charge in [-0.15, -0.1) is 0 Å². The highest BCUT2D eigenvalue weighted by Gasteiger charge is 1.97. The topological polar surface area (TPSA) is 0 Å². The van der Waals surface area contributed by atoms with Gasteiger partial charge in [-0.3, -0.25) is 0 Å². The second-order valence-corrected chi connectivity index (χ2v) is 3.99. The third-order valence-electron chi connectivity index (χ3n) is 2.80. The van der Waals surface area contributed by atoms with Crippen molar-refractivity contribution in [3.63, 3.8) is 0 Å². The van der Waals surface area contributed by atoms with Crippen LogP contribution in [0.3, 0.4) is 0 Å². The standard InChI is InChI=1S/C15H16B/c1-2-13-8-10-14(11-9-13)12-16-15-6-4-3-5-7-15/h3-11H,2,12H2,1H3. The SMILES string of the molecule is CCc1ccc(C[B]c2ccccc2)cc1. The zero-order valence-corrected chi connectivity index (χ0v) is 9.69. The van der Waals surface area contributed by atoms with Crippen LogP contribution in [0.25, 0.3) is 0 Å². The quantitative estimate of drug-likeness (QED) is 0.676. The normalized spacial score (nSPS) is 10.1. The van der Waals surface area contributed by atoms with Crippen LogP contribution in [-0.4, -0.2) is 7.28 Å². The first-order valence-electron chi connectivity index (χ1n) is 5.84. The highest BCUT2D eigenvalue weighted by molar-refractivity contribution is 6.52. The maximum Gasteiger partial charge on any atom is 0.156 e. The van der Waals surface area contributed by atoms with E-state index in [1.807, 2.05) is 6.07 Å². The lowest BCUT2D eigenvalue weighted by Gasteiger charge is -2.02. The van der Waals surface area contributed by atoms with E-state index in [1.165, 1.54) is 16.6 Å². The first kappa shape index (κ1) is 11.0. The van der Waals surface area contributed by atoms with E-state index in [0.29, 0.717) is 0 Å². The molecule has 0 amide bonds. The van der Waals surface area contributed by atoms with E-state index in [2.05, 4.69) is 62.7 Å². The molecule has 2 aromatic rings. The van der Waals surface area contributed by atoms with Crippen molar-refractivity contribution in [3.05, 3.63) is 65.7 Å². The Kier molecular flexibility index (Phi) is 3.82. The number of benzene rings is 2. The molecule has 0 aliphatic heterocycles. The summed E-state index contributed by atoms with van der Waals surface area (Å²) in [5.74, 6) is 0. The van der Waals surface area contributed by atoms with Gasteiger partial charge < -0.3 is 0 Å². The highest BCUT2D eigenvalue weighted by atomic mass is 13.9. The van der Waals surface area contributed by atoms with Gasteiger partial charge in [0.15, 0.2) is 7.28 Å². The Morgan fingerprint density at radius 2 is 1.44 bits per heavy atom. The fourth-order valence-electron chi connectivity index (χ4n) is 1.74. The van der Waals surface area contributed by atoms with Gasteiger partial charge in [-0.2, -0.15) is 0 Å². The molecule has 0 spiro atoms. The predicted molar refractivity (Wildman–Crippen MR) is 71.4 cm³/mol. The Balaban J connectivity index is 1.94. The highest BCUT2D eigenvalue weighted by Crippen LogP contribution is 2.05. The van der Waals surface area contributed by atoms with E-state index in [1.54, 1.807) is 0 Å². The number of hydrogen-bond donors (Lipinski definition) is 0. The maximum atomic E-state index is 2.26. The largest absolute Gasteiger partial charge is 0.156 e. The van der Waals surface area contributed by atoms with Gasteiger partial charge in [-0.05, 0) is 18.3 Å². The summed E-state index contributed by atoms with van der Waals surface area (Å²) in [4.78, 5) is 0. The van der Waals surface area contributed by atoms with Gasteiger partial charge >= 0.3 is 0 Å². The minimum atomic E-state index is 1.01. The summed E-state index contributed by atoms with van der Waals surface area (Å²) in [6.45, 7) is 2.19. The van der Waals surface area contributed by atoms with Crippen molar-refractivity contribution in [2.24, 2.45) is 0 Å². The molecule has 79 valence electrons. The van der Waals surface area contributed by atoms with Gasteiger partial charge in [0.1, 0.15) is 0 Å². The molecule has 0 saturated carbocycles. The van der Waals surface area contributed by atoms with E-state index in [-0.39, 0.29) is 0 Å². The van der Waals surface area contributed by atoms with E-state index in [0.717, 1.165) is 12.7 Å². The lowest BCUT2D eigenvalue weighted by atomic mass is 9.65. The average molecular weight is 207 g/mol. The summed E-state index contributed by atoms with van der Waals surface area (Å²) >= 11 is 0. The van der Waals surface area contributed by atoms with Gasteiger partial charge in [0.25, 0.3) is 0 Å². The molecule has 0 fully saturated rings. The second kappa shape index (κ2) is 5.55. The molecule has 0 saturated heterocycles. The molecule has 0 unspecified atom stereocenters. The molecule has 0 N–H and O–H groups in total. The van der Waals surface area contributed by atoms with Crippen LogP contribution < -0.4 is 5.46 Å². The summed E-state index contributed by atoms with van der Waals surface area (Å²) in [6.07, 6.45) is 2.12. The minimum absolute atomic E-state index is 1.01. The minimum Gasteiger partial charge on any atom is -0.0874 e. The monoisotopic (exact) mass is 207 g/mol. The summed E-state index contributed by atoms with van der Waals surface area (Å²) < 4.78 is 0. The molecule has 1 heteroatoms. The molecule has 16 heavy (non-hydrogen) atoms. The first-order chi connectivity index (χ1) is 7.88. The Hall–Kier alpha value is -1.50. The van der Waals surface area contributed by atoms with Crippen molar-refractivity contribution < 1.29 is 0 Å². The third-order valence-corrected chi connectivity index (χ3v) is 2.80. The van der Waals surface area contributed by atoms with Gasteiger partial charge in [-0.25, -0.2) is 0 Å². The summed E-state index contributed by atoms with van der Waals surface area (Å²) in [7, 11) is 2.26. The van der Waals surface area contributed by atoms with Gasteiger partial charge in [0, 0.05) is 0 Å². The third kappa shape index (κ3) is 3.00. The molecular formula is C15H16B. The number of hydrogen-bond acceptors (Lipinski definition) is 0. The van der Waals surface area contributed by atoms with Crippen LogP contribution in [-0.2, 0) is 12.7 Å². The summed E-state index contributed by atoms with van der Waals surface area (Å²) in [5, 5.41) is 0. The van der Waals surface area contributed by atoms with Crippen molar-refractivity contribution in [1.82, 2.24) is 0 Å². The second-order valence-electron chi connectivity index (χ2n) is 3.99. The van der Waals surface area contributed by atoms with Crippen molar-refractivity contribution >= 4 is 12.7 Å². The van der Waals surface area contributed by atoms with Crippen molar-refractivity contribution in [3.8, 4) is 0 Å². The average Bonchev–Trinajstić information content (AvgIpc) is 2.38. The molecule has 0 aliphatic rings. The maximum absolute atomic E-state index is 2.26. The molecule has 0 aromatic heterocycles. The Labute approximate surface area is 98.6 Å². The van der Waals surface area contributed by atoms with E-state index in [9.17, 15) is 0 Å². The van der Waals surface area contributed by atoms with E-state index in [4.69, 9.17) is 0 Å².